The van der Waals surface area contributed by atoms with Crippen molar-refractivity contribution < 1.29 is 29.1 Å². The number of carbonyl (C=O) groups is 4. The Morgan fingerprint density at radius 2 is 1.95 bits per heavy atom. The van der Waals surface area contributed by atoms with Gasteiger partial charge in [0.15, 0.2) is 6.23 Å². The lowest BCUT2D eigenvalue weighted by Crippen LogP contribution is -2.35. The van der Waals surface area contributed by atoms with Crippen LogP contribution in [0.25, 0.3) is 0 Å². The third kappa shape index (κ3) is 3.02. The number of aliphatic hydroxyl groups excluding tert-OH is 1. The van der Waals surface area contributed by atoms with E-state index in [9.17, 15) is 24.3 Å². The molecule has 20 heavy (non-hydrogen) atoms. The highest BCUT2D eigenvalue weighted by Gasteiger charge is 2.33. The molecule has 0 spiro atoms. The van der Waals surface area contributed by atoms with E-state index >= 15 is 0 Å². The van der Waals surface area contributed by atoms with Gasteiger partial charge in [0.25, 0.3) is 17.7 Å². The summed E-state index contributed by atoms with van der Waals surface area (Å²) >= 11 is 0. The van der Waals surface area contributed by atoms with Gasteiger partial charge in [-0.2, -0.15) is 0 Å². The molecular weight excluding hydrogens is 268 g/mol. The van der Waals surface area contributed by atoms with E-state index < -0.39 is 29.9 Å². The van der Waals surface area contributed by atoms with E-state index in [0.29, 0.717) is 5.06 Å². The zero-order valence-electron chi connectivity index (χ0n) is 10.7. The highest BCUT2D eigenvalue weighted by Crippen LogP contribution is 2.17. The first-order valence-corrected chi connectivity index (χ1v) is 6.23. The molecule has 8 nitrogen and oxygen atoms in total. The maximum absolute atomic E-state index is 11.5. The van der Waals surface area contributed by atoms with Crippen LogP contribution in [-0.4, -0.2) is 51.5 Å². The Balaban J connectivity index is 1.72. The third-order valence-corrected chi connectivity index (χ3v) is 3.00. The highest BCUT2D eigenvalue weighted by atomic mass is 16.7. The summed E-state index contributed by atoms with van der Waals surface area (Å²) in [7, 11) is 0. The van der Waals surface area contributed by atoms with E-state index in [2.05, 4.69) is 0 Å². The van der Waals surface area contributed by atoms with E-state index in [1.54, 1.807) is 0 Å². The van der Waals surface area contributed by atoms with Crippen molar-refractivity contribution >= 4 is 23.7 Å². The number of hydroxylamine groups is 2. The normalized spacial score (nSPS) is 22.1. The van der Waals surface area contributed by atoms with Crippen LogP contribution in [0.2, 0.25) is 0 Å². The fourth-order valence-corrected chi connectivity index (χ4v) is 1.95. The number of aliphatic hydroxyl groups is 1. The van der Waals surface area contributed by atoms with Gasteiger partial charge in [0.2, 0.25) is 0 Å². The molecule has 2 heterocycles. The molecule has 0 aliphatic carbocycles. The van der Waals surface area contributed by atoms with Crippen molar-refractivity contribution in [1.82, 2.24) is 9.96 Å². The van der Waals surface area contributed by atoms with Crippen LogP contribution in [0.5, 0.6) is 0 Å². The number of imide groups is 1. The zero-order valence-corrected chi connectivity index (χ0v) is 10.7. The molecule has 1 unspecified atom stereocenters. The second kappa shape index (κ2) is 5.83. The van der Waals surface area contributed by atoms with Crippen LogP contribution < -0.4 is 0 Å². The maximum Gasteiger partial charge on any atom is 0.332 e. The van der Waals surface area contributed by atoms with Gasteiger partial charge in [-0.15, -0.1) is 5.06 Å². The Labute approximate surface area is 114 Å². The van der Waals surface area contributed by atoms with E-state index in [1.165, 1.54) is 12.2 Å². The molecule has 1 fully saturated rings. The van der Waals surface area contributed by atoms with Gasteiger partial charge in [0.05, 0.1) is 0 Å². The summed E-state index contributed by atoms with van der Waals surface area (Å²) in [5.41, 5.74) is 0. The van der Waals surface area contributed by atoms with Crippen molar-refractivity contribution in [3.8, 4) is 0 Å². The predicted octanol–water partition coefficient (Wildman–Crippen LogP) is -0.909. The van der Waals surface area contributed by atoms with Gasteiger partial charge in [-0.05, 0) is 6.42 Å². The molecule has 0 aromatic carbocycles. The molecule has 3 amide bonds. The molecule has 2 rings (SSSR count). The van der Waals surface area contributed by atoms with Crippen LogP contribution in [0.4, 0.5) is 0 Å². The second-order valence-electron chi connectivity index (χ2n) is 4.47. The summed E-state index contributed by atoms with van der Waals surface area (Å²) in [6.07, 6.45) is 1.77. The quantitative estimate of drug-likeness (QED) is 0.655. The van der Waals surface area contributed by atoms with Crippen LogP contribution >= 0.6 is 0 Å². The Morgan fingerprint density at radius 3 is 2.50 bits per heavy atom. The minimum absolute atomic E-state index is 0.0619. The van der Waals surface area contributed by atoms with Gasteiger partial charge in [-0.25, -0.2) is 4.79 Å². The number of amides is 3. The van der Waals surface area contributed by atoms with Gasteiger partial charge >= 0.3 is 5.97 Å². The molecule has 2 aliphatic rings. The van der Waals surface area contributed by atoms with E-state index in [4.69, 9.17) is 4.84 Å². The van der Waals surface area contributed by atoms with Crippen LogP contribution in [0.3, 0.4) is 0 Å². The number of hydrogen-bond acceptors (Lipinski definition) is 6. The minimum atomic E-state index is -1.10. The van der Waals surface area contributed by atoms with E-state index in [-0.39, 0.29) is 32.2 Å². The van der Waals surface area contributed by atoms with Gasteiger partial charge < -0.3 is 9.94 Å². The summed E-state index contributed by atoms with van der Waals surface area (Å²) in [5, 5.41) is 10.1. The molecule has 0 saturated carbocycles. The first-order valence-electron chi connectivity index (χ1n) is 6.23. The van der Waals surface area contributed by atoms with E-state index in [1.807, 2.05) is 0 Å². The molecule has 108 valence electrons. The molecule has 1 N–H and O–H groups in total. The molecule has 8 heteroatoms. The lowest BCUT2D eigenvalue weighted by atomic mass is 10.3. The third-order valence-electron chi connectivity index (χ3n) is 3.00. The topological polar surface area (TPSA) is 104 Å². The Hall–Kier alpha value is -2.22. The van der Waals surface area contributed by atoms with Crippen LogP contribution in [-0.2, 0) is 24.0 Å². The number of hydrogen-bond donors (Lipinski definition) is 1. The SMILES string of the molecule is O=C(CCCN1C(=O)C=CC1=O)ON1C(=O)CCC1O. The summed E-state index contributed by atoms with van der Waals surface area (Å²) in [4.78, 5) is 51.0. The number of carbonyl (C=O) groups excluding carboxylic acids is 4. The lowest BCUT2D eigenvalue weighted by Gasteiger charge is -2.19. The van der Waals surface area contributed by atoms with Crippen molar-refractivity contribution in [3.05, 3.63) is 12.2 Å². The van der Waals surface area contributed by atoms with Gasteiger partial charge in [0, 0.05) is 38.0 Å². The fraction of sp³-hybridized carbons (Fsp3) is 0.500. The first kappa shape index (κ1) is 14.2. The molecule has 0 aromatic rings. The predicted molar refractivity (Wildman–Crippen MR) is 63.3 cm³/mol. The Morgan fingerprint density at radius 1 is 1.30 bits per heavy atom. The zero-order chi connectivity index (χ0) is 14.7. The van der Waals surface area contributed by atoms with Crippen molar-refractivity contribution in [2.45, 2.75) is 31.9 Å². The fourth-order valence-electron chi connectivity index (χ4n) is 1.95. The Kier molecular flexibility index (Phi) is 4.14. The monoisotopic (exact) mass is 282 g/mol. The number of rotatable bonds is 5. The molecule has 0 radical (unpaired) electrons. The second-order valence-corrected chi connectivity index (χ2v) is 4.47. The van der Waals surface area contributed by atoms with Crippen LogP contribution in [0.15, 0.2) is 12.2 Å². The van der Waals surface area contributed by atoms with Crippen molar-refractivity contribution in [2.24, 2.45) is 0 Å². The highest BCUT2D eigenvalue weighted by molar-refractivity contribution is 6.12. The first-order chi connectivity index (χ1) is 9.49. The van der Waals surface area contributed by atoms with Gasteiger partial charge in [-0.1, -0.05) is 0 Å². The van der Waals surface area contributed by atoms with Crippen molar-refractivity contribution in [1.29, 1.82) is 0 Å². The molecule has 1 atom stereocenters. The van der Waals surface area contributed by atoms with Gasteiger partial charge in [0.1, 0.15) is 0 Å². The smallest absolute Gasteiger partial charge is 0.332 e. The summed E-state index contributed by atoms with van der Waals surface area (Å²) in [6.45, 7) is 0.107. The van der Waals surface area contributed by atoms with Crippen molar-refractivity contribution in [3.63, 3.8) is 0 Å². The molecule has 0 aromatic heterocycles. The lowest BCUT2D eigenvalue weighted by molar-refractivity contribution is -0.220. The Bertz CT molecular complexity index is 468. The van der Waals surface area contributed by atoms with Crippen LogP contribution in [0.1, 0.15) is 25.7 Å². The van der Waals surface area contributed by atoms with Crippen LogP contribution in [0, 0.1) is 0 Å². The largest absolute Gasteiger partial charge is 0.370 e. The number of nitrogens with zero attached hydrogens (tertiary/aromatic N) is 2. The molecule has 2 aliphatic heterocycles. The minimum Gasteiger partial charge on any atom is -0.370 e. The van der Waals surface area contributed by atoms with Gasteiger partial charge in [-0.3, -0.25) is 19.3 Å². The standard InChI is InChI=1S/C12H14N2O6/c15-8-3-4-9(16)13(8)7-1-2-12(19)20-14-10(17)5-6-11(14)18/h3-4,10,17H,1-2,5-7H2. The maximum atomic E-state index is 11.5. The summed E-state index contributed by atoms with van der Waals surface area (Å²) in [5.74, 6) is -1.95. The average molecular weight is 282 g/mol. The molecular formula is C12H14N2O6. The molecule has 0 bridgehead atoms. The van der Waals surface area contributed by atoms with E-state index in [0.717, 1.165) is 4.90 Å². The summed E-state index contributed by atoms with van der Waals surface area (Å²) in [6, 6.07) is 0. The summed E-state index contributed by atoms with van der Waals surface area (Å²) < 4.78 is 0. The van der Waals surface area contributed by atoms with Crippen molar-refractivity contribution in [2.75, 3.05) is 6.54 Å². The average Bonchev–Trinajstić information content (AvgIpc) is 2.88. The molecule has 1 saturated heterocycles.